The van der Waals surface area contributed by atoms with Gasteiger partial charge in [-0.2, -0.15) is 4.98 Å². The summed E-state index contributed by atoms with van der Waals surface area (Å²) in [6.07, 6.45) is 3.27. The molecule has 2 unspecified atom stereocenters. The van der Waals surface area contributed by atoms with Gasteiger partial charge in [0.1, 0.15) is 11.6 Å². The van der Waals surface area contributed by atoms with Crippen LogP contribution in [0.4, 0.5) is 4.39 Å². The fraction of sp³-hybridized carbons (Fsp3) is 0.429. The van der Waals surface area contributed by atoms with Crippen LogP contribution in [0.5, 0.6) is 5.75 Å². The van der Waals surface area contributed by atoms with Gasteiger partial charge in [0.2, 0.25) is 0 Å². The topological polar surface area (TPSA) is 59.2 Å². The predicted octanol–water partition coefficient (Wildman–Crippen LogP) is 3.48. The first-order valence-corrected chi connectivity index (χ1v) is 6.46. The summed E-state index contributed by atoms with van der Waals surface area (Å²) in [6, 6.07) is 3.67. The highest BCUT2D eigenvalue weighted by Gasteiger charge is 2.27. The zero-order valence-electron chi connectivity index (χ0n) is 10.6. The molecule has 1 saturated carbocycles. The van der Waals surface area contributed by atoms with Crippen molar-refractivity contribution in [3.8, 4) is 17.2 Å². The van der Waals surface area contributed by atoms with Gasteiger partial charge in [-0.05, 0) is 43.4 Å². The number of phenolic OH excluding ortho intramolecular Hbond substituents is 1. The summed E-state index contributed by atoms with van der Waals surface area (Å²) < 4.78 is 18.3. The number of aromatic nitrogens is 2. The second-order valence-corrected chi connectivity index (χ2v) is 5.23. The van der Waals surface area contributed by atoms with Gasteiger partial charge in [-0.25, -0.2) is 4.39 Å². The van der Waals surface area contributed by atoms with Crippen molar-refractivity contribution in [1.29, 1.82) is 0 Å². The van der Waals surface area contributed by atoms with E-state index < -0.39 is 5.82 Å². The lowest BCUT2D eigenvalue weighted by atomic mass is 10.1. The van der Waals surface area contributed by atoms with E-state index >= 15 is 0 Å². The van der Waals surface area contributed by atoms with Gasteiger partial charge in [-0.15, -0.1) is 0 Å². The molecule has 2 aromatic rings. The molecular formula is C14H15FN2O2. The van der Waals surface area contributed by atoms with Crippen LogP contribution in [0.3, 0.4) is 0 Å². The minimum atomic E-state index is -0.443. The molecule has 1 N–H and O–H groups in total. The van der Waals surface area contributed by atoms with Crippen molar-refractivity contribution in [3.05, 3.63) is 29.8 Å². The van der Waals surface area contributed by atoms with E-state index in [0.29, 0.717) is 17.7 Å². The molecule has 1 aliphatic carbocycles. The van der Waals surface area contributed by atoms with Crippen LogP contribution in [0.1, 0.15) is 37.9 Å². The smallest absolute Gasteiger partial charge is 0.261 e. The van der Waals surface area contributed by atoms with Gasteiger partial charge in [0.25, 0.3) is 5.89 Å². The third-order valence-corrected chi connectivity index (χ3v) is 3.69. The maximum atomic E-state index is 13.2. The summed E-state index contributed by atoms with van der Waals surface area (Å²) in [6.45, 7) is 2.21. The molecule has 0 amide bonds. The van der Waals surface area contributed by atoms with E-state index in [2.05, 4.69) is 17.1 Å². The highest BCUT2D eigenvalue weighted by molar-refractivity contribution is 5.61. The molecule has 4 nitrogen and oxygen atoms in total. The van der Waals surface area contributed by atoms with E-state index in [-0.39, 0.29) is 17.2 Å². The molecule has 2 atom stereocenters. The lowest BCUT2D eigenvalue weighted by molar-refractivity contribution is 0.410. The van der Waals surface area contributed by atoms with Crippen LogP contribution >= 0.6 is 0 Å². The van der Waals surface area contributed by atoms with Crippen molar-refractivity contribution >= 4 is 0 Å². The van der Waals surface area contributed by atoms with Crippen molar-refractivity contribution in [3.63, 3.8) is 0 Å². The zero-order valence-corrected chi connectivity index (χ0v) is 10.6. The molecule has 1 aromatic heterocycles. The quantitative estimate of drug-likeness (QED) is 0.900. The van der Waals surface area contributed by atoms with Crippen LogP contribution in [-0.4, -0.2) is 15.2 Å². The molecule has 1 aromatic carbocycles. The van der Waals surface area contributed by atoms with Crippen molar-refractivity contribution < 1.29 is 14.0 Å². The third kappa shape index (κ3) is 2.32. The largest absolute Gasteiger partial charge is 0.507 e. The maximum Gasteiger partial charge on any atom is 0.261 e. The van der Waals surface area contributed by atoms with Crippen molar-refractivity contribution in [2.75, 3.05) is 0 Å². The Bertz CT molecular complexity index is 597. The lowest BCUT2D eigenvalue weighted by Crippen LogP contribution is -1.96. The van der Waals surface area contributed by atoms with E-state index in [4.69, 9.17) is 4.52 Å². The first kappa shape index (κ1) is 12.1. The van der Waals surface area contributed by atoms with Crippen LogP contribution in [0, 0.1) is 11.7 Å². The number of rotatable bonds is 2. The summed E-state index contributed by atoms with van der Waals surface area (Å²) in [5.41, 5.74) is 0.241. The van der Waals surface area contributed by atoms with E-state index in [9.17, 15) is 9.50 Å². The van der Waals surface area contributed by atoms with Crippen molar-refractivity contribution in [2.45, 2.75) is 32.1 Å². The Morgan fingerprint density at radius 2 is 2.21 bits per heavy atom. The second kappa shape index (κ2) is 4.64. The summed E-state index contributed by atoms with van der Waals surface area (Å²) in [4.78, 5) is 4.29. The van der Waals surface area contributed by atoms with Crippen LogP contribution in [0.2, 0.25) is 0 Å². The fourth-order valence-electron chi connectivity index (χ4n) is 2.63. The first-order chi connectivity index (χ1) is 9.13. The van der Waals surface area contributed by atoms with Crippen LogP contribution < -0.4 is 0 Å². The third-order valence-electron chi connectivity index (χ3n) is 3.69. The summed E-state index contributed by atoms with van der Waals surface area (Å²) in [7, 11) is 0. The molecule has 0 spiro atoms. The monoisotopic (exact) mass is 262 g/mol. The van der Waals surface area contributed by atoms with Gasteiger partial charge in [-0.3, -0.25) is 0 Å². The van der Waals surface area contributed by atoms with Gasteiger partial charge in [0, 0.05) is 5.92 Å². The Kier molecular flexibility index (Phi) is 2.97. The zero-order chi connectivity index (χ0) is 13.4. The predicted molar refractivity (Wildman–Crippen MR) is 67.1 cm³/mol. The molecule has 1 heterocycles. The highest BCUT2D eigenvalue weighted by atomic mass is 19.1. The van der Waals surface area contributed by atoms with Crippen molar-refractivity contribution in [2.24, 2.45) is 5.92 Å². The lowest BCUT2D eigenvalue weighted by Gasteiger charge is -2.02. The maximum absolute atomic E-state index is 13.2. The SMILES string of the molecule is CC1CCC(c2noc(-c3cc(F)ccc3O)n2)C1. The van der Waals surface area contributed by atoms with Crippen molar-refractivity contribution in [1.82, 2.24) is 10.1 Å². The van der Waals surface area contributed by atoms with Gasteiger partial charge in [-0.1, -0.05) is 12.1 Å². The molecule has 19 heavy (non-hydrogen) atoms. The fourth-order valence-corrected chi connectivity index (χ4v) is 2.63. The summed E-state index contributed by atoms with van der Waals surface area (Å²) in [5, 5.41) is 13.7. The Morgan fingerprint density at radius 3 is 2.95 bits per heavy atom. The molecule has 1 fully saturated rings. The van der Waals surface area contributed by atoms with E-state index in [1.165, 1.54) is 24.6 Å². The number of halogens is 1. The minimum Gasteiger partial charge on any atom is -0.507 e. The Morgan fingerprint density at radius 1 is 1.37 bits per heavy atom. The molecule has 100 valence electrons. The second-order valence-electron chi connectivity index (χ2n) is 5.23. The van der Waals surface area contributed by atoms with E-state index in [0.717, 1.165) is 12.8 Å². The van der Waals surface area contributed by atoms with Gasteiger partial charge >= 0.3 is 0 Å². The van der Waals surface area contributed by atoms with E-state index in [1.54, 1.807) is 0 Å². The van der Waals surface area contributed by atoms with E-state index in [1.807, 2.05) is 0 Å². The summed E-state index contributed by atoms with van der Waals surface area (Å²) in [5.74, 6) is 1.31. The Hall–Kier alpha value is -1.91. The molecule has 0 bridgehead atoms. The molecule has 0 aliphatic heterocycles. The molecule has 0 saturated heterocycles. The Labute approximate surface area is 110 Å². The van der Waals surface area contributed by atoms with Crippen LogP contribution in [0.15, 0.2) is 22.7 Å². The first-order valence-electron chi connectivity index (χ1n) is 6.46. The standard InChI is InChI=1S/C14H15FN2O2/c1-8-2-3-9(6-8)13-16-14(19-17-13)11-7-10(15)4-5-12(11)18/h4-5,7-9,18H,2-3,6H2,1H3. The molecular weight excluding hydrogens is 247 g/mol. The number of aromatic hydroxyl groups is 1. The summed E-state index contributed by atoms with van der Waals surface area (Å²) >= 11 is 0. The molecule has 1 aliphatic rings. The Balaban J connectivity index is 1.90. The number of benzene rings is 1. The average Bonchev–Trinajstić information content (AvgIpc) is 3.00. The normalized spacial score (nSPS) is 22.8. The average molecular weight is 262 g/mol. The van der Waals surface area contributed by atoms with Crippen LogP contribution in [-0.2, 0) is 0 Å². The van der Waals surface area contributed by atoms with Gasteiger partial charge in [0.15, 0.2) is 5.82 Å². The highest BCUT2D eigenvalue weighted by Crippen LogP contribution is 2.37. The molecule has 0 radical (unpaired) electrons. The number of phenols is 1. The van der Waals surface area contributed by atoms with Crippen LogP contribution in [0.25, 0.3) is 11.5 Å². The van der Waals surface area contributed by atoms with Gasteiger partial charge in [0.05, 0.1) is 5.56 Å². The number of hydrogen-bond acceptors (Lipinski definition) is 4. The van der Waals surface area contributed by atoms with Gasteiger partial charge < -0.3 is 9.63 Å². The molecule has 5 heteroatoms. The number of hydrogen-bond donors (Lipinski definition) is 1. The molecule has 3 rings (SSSR count). The number of nitrogens with zero attached hydrogens (tertiary/aromatic N) is 2. The minimum absolute atomic E-state index is 0.0589.